The fourth-order valence-electron chi connectivity index (χ4n) is 0.984. The van der Waals surface area contributed by atoms with Gasteiger partial charge in [-0.2, -0.15) is 0 Å². The molecule has 0 amide bonds. The second kappa shape index (κ2) is 2.89. The van der Waals surface area contributed by atoms with Crippen LogP contribution >= 0.6 is 0 Å². The van der Waals surface area contributed by atoms with Crippen LogP contribution in [0.25, 0.3) is 0 Å². The molecule has 0 N–H and O–H groups in total. The highest BCUT2D eigenvalue weighted by Crippen LogP contribution is 2.25. The molecular formula is C8H16O2. The number of ether oxygens (including phenoxy) is 2. The van der Waals surface area contributed by atoms with Gasteiger partial charge in [0.2, 0.25) is 0 Å². The fraction of sp³-hybridized carbons (Fsp3) is 1.00. The Bertz CT molecular complexity index is 104. The van der Waals surface area contributed by atoms with Crippen LogP contribution in [-0.4, -0.2) is 19.0 Å². The summed E-state index contributed by atoms with van der Waals surface area (Å²) in [6.45, 7) is 7.93. The Kier molecular flexibility index (Phi) is 2.32. The van der Waals surface area contributed by atoms with Gasteiger partial charge in [0, 0.05) is 5.92 Å². The van der Waals surface area contributed by atoms with Crippen molar-refractivity contribution < 1.29 is 9.47 Å². The summed E-state index contributed by atoms with van der Waals surface area (Å²) in [6, 6.07) is 0. The summed E-state index contributed by atoms with van der Waals surface area (Å²) in [5.41, 5.74) is 0. The second-order valence-electron chi connectivity index (χ2n) is 3.22. The lowest BCUT2D eigenvalue weighted by molar-refractivity contribution is -0.277. The summed E-state index contributed by atoms with van der Waals surface area (Å²) in [6.07, 6.45) is 1.03. The van der Waals surface area contributed by atoms with Crippen molar-refractivity contribution in [3.8, 4) is 0 Å². The monoisotopic (exact) mass is 144 g/mol. The van der Waals surface area contributed by atoms with E-state index in [2.05, 4.69) is 13.8 Å². The van der Waals surface area contributed by atoms with E-state index in [4.69, 9.17) is 9.47 Å². The van der Waals surface area contributed by atoms with Gasteiger partial charge < -0.3 is 9.47 Å². The first-order valence-corrected chi connectivity index (χ1v) is 3.93. The molecule has 0 aromatic carbocycles. The van der Waals surface area contributed by atoms with E-state index in [0.29, 0.717) is 5.92 Å². The minimum absolute atomic E-state index is 0.321. The average Bonchev–Trinajstić information content (AvgIpc) is 1.89. The van der Waals surface area contributed by atoms with Crippen LogP contribution in [0.1, 0.15) is 27.2 Å². The topological polar surface area (TPSA) is 18.5 Å². The molecule has 60 valence electrons. The molecule has 2 nitrogen and oxygen atoms in total. The van der Waals surface area contributed by atoms with E-state index < -0.39 is 0 Å². The third-order valence-corrected chi connectivity index (χ3v) is 2.11. The first-order valence-electron chi connectivity index (χ1n) is 3.93. The SMILES string of the molecule is CC(C)C1(C)OCCCO1. The van der Waals surface area contributed by atoms with E-state index in [1.54, 1.807) is 0 Å². The van der Waals surface area contributed by atoms with Gasteiger partial charge >= 0.3 is 0 Å². The molecule has 0 radical (unpaired) electrons. The van der Waals surface area contributed by atoms with Crippen molar-refractivity contribution in [3.63, 3.8) is 0 Å². The standard InChI is InChI=1S/C8H16O2/c1-7(2)8(3)9-5-4-6-10-8/h7H,4-6H2,1-3H3. The van der Waals surface area contributed by atoms with Crippen LogP contribution in [0.4, 0.5) is 0 Å². The second-order valence-corrected chi connectivity index (χ2v) is 3.22. The molecule has 2 heteroatoms. The number of hydrogen-bond donors (Lipinski definition) is 0. The molecule has 1 aliphatic rings. The van der Waals surface area contributed by atoms with Gasteiger partial charge in [-0.15, -0.1) is 0 Å². The Balaban J connectivity index is 2.48. The van der Waals surface area contributed by atoms with Crippen LogP contribution in [-0.2, 0) is 9.47 Å². The van der Waals surface area contributed by atoms with E-state index >= 15 is 0 Å². The lowest BCUT2D eigenvalue weighted by Gasteiger charge is -2.37. The Morgan fingerprint density at radius 3 is 2.00 bits per heavy atom. The molecule has 1 fully saturated rings. The van der Waals surface area contributed by atoms with Crippen molar-refractivity contribution in [1.82, 2.24) is 0 Å². The highest BCUT2D eigenvalue weighted by atomic mass is 16.7. The molecule has 1 rings (SSSR count). The van der Waals surface area contributed by atoms with Crippen LogP contribution in [0.3, 0.4) is 0 Å². The van der Waals surface area contributed by atoms with Crippen LogP contribution in [0, 0.1) is 5.92 Å². The first kappa shape index (κ1) is 8.02. The molecule has 1 saturated heterocycles. The van der Waals surface area contributed by atoms with E-state index in [1.165, 1.54) is 0 Å². The molecule has 0 aliphatic carbocycles. The summed E-state index contributed by atoms with van der Waals surface area (Å²) in [5.74, 6) is 0.117. The van der Waals surface area contributed by atoms with Crippen molar-refractivity contribution in [2.24, 2.45) is 5.92 Å². The zero-order valence-corrected chi connectivity index (χ0v) is 7.02. The Hall–Kier alpha value is -0.0800. The van der Waals surface area contributed by atoms with Crippen LogP contribution in [0.5, 0.6) is 0 Å². The molecule has 1 heterocycles. The quantitative estimate of drug-likeness (QED) is 0.558. The van der Waals surface area contributed by atoms with Crippen molar-refractivity contribution in [2.45, 2.75) is 33.0 Å². The lowest BCUT2D eigenvalue weighted by Crippen LogP contribution is -2.42. The fourth-order valence-corrected chi connectivity index (χ4v) is 0.984. The molecule has 10 heavy (non-hydrogen) atoms. The van der Waals surface area contributed by atoms with E-state index in [9.17, 15) is 0 Å². The molecule has 1 aliphatic heterocycles. The Morgan fingerprint density at radius 1 is 1.20 bits per heavy atom. The summed E-state index contributed by atoms with van der Waals surface area (Å²) >= 11 is 0. The van der Waals surface area contributed by atoms with E-state index in [1.807, 2.05) is 6.92 Å². The maximum absolute atomic E-state index is 5.50. The highest BCUT2D eigenvalue weighted by Gasteiger charge is 2.32. The summed E-state index contributed by atoms with van der Waals surface area (Å²) in [5, 5.41) is 0. The molecule has 0 spiro atoms. The summed E-state index contributed by atoms with van der Waals surface area (Å²) in [7, 11) is 0. The third-order valence-electron chi connectivity index (χ3n) is 2.11. The largest absolute Gasteiger partial charge is 0.350 e. The maximum Gasteiger partial charge on any atom is 0.167 e. The van der Waals surface area contributed by atoms with Gasteiger partial charge in [-0.1, -0.05) is 13.8 Å². The van der Waals surface area contributed by atoms with Gasteiger partial charge in [0.1, 0.15) is 0 Å². The van der Waals surface area contributed by atoms with E-state index in [-0.39, 0.29) is 5.79 Å². The van der Waals surface area contributed by atoms with Gasteiger partial charge in [-0.25, -0.2) is 0 Å². The lowest BCUT2D eigenvalue weighted by atomic mass is 10.0. The van der Waals surface area contributed by atoms with Crippen molar-refractivity contribution in [1.29, 1.82) is 0 Å². The van der Waals surface area contributed by atoms with Crippen molar-refractivity contribution in [2.75, 3.05) is 13.2 Å². The van der Waals surface area contributed by atoms with Gasteiger partial charge in [-0.05, 0) is 13.3 Å². The molecule has 0 aromatic rings. The zero-order chi connectivity index (χ0) is 7.61. The maximum atomic E-state index is 5.50. The molecule has 0 bridgehead atoms. The van der Waals surface area contributed by atoms with E-state index in [0.717, 1.165) is 19.6 Å². The minimum atomic E-state index is -0.321. The number of hydrogen-bond acceptors (Lipinski definition) is 2. The summed E-state index contributed by atoms with van der Waals surface area (Å²) in [4.78, 5) is 0. The first-order chi connectivity index (χ1) is 4.65. The Labute approximate surface area is 62.5 Å². The van der Waals surface area contributed by atoms with Crippen LogP contribution < -0.4 is 0 Å². The van der Waals surface area contributed by atoms with Gasteiger partial charge in [0.15, 0.2) is 5.79 Å². The van der Waals surface area contributed by atoms with Gasteiger partial charge in [0.25, 0.3) is 0 Å². The minimum Gasteiger partial charge on any atom is -0.350 e. The molecule has 0 atom stereocenters. The van der Waals surface area contributed by atoms with Crippen LogP contribution in [0.2, 0.25) is 0 Å². The average molecular weight is 144 g/mol. The predicted octanol–water partition coefficient (Wildman–Crippen LogP) is 1.80. The molecule has 0 aromatic heterocycles. The zero-order valence-electron chi connectivity index (χ0n) is 7.02. The normalized spacial score (nSPS) is 25.2. The summed E-state index contributed by atoms with van der Waals surface area (Å²) < 4.78 is 11.0. The van der Waals surface area contributed by atoms with Crippen molar-refractivity contribution >= 4 is 0 Å². The molecule has 0 saturated carbocycles. The molecule has 0 unspecified atom stereocenters. The highest BCUT2D eigenvalue weighted by molar-refractivity contribution is 4.70. The van der Waals surface area contributed by atoms with Gasteiger partial charge in [-0.3, -0.25) is 0 Å². The predicted molar refractivity (Wildman–Crippen MR) is 39.8 cm³/mol. The van der Waals surface area contributed by atoms with Gasteiger partial charge in [0.05, 0.1) is 13.2 Å². The van der Waals surface area contributed by atoms with Crippen molar-refractivity contribution in [3.05, 3.63) is 0 Å². The molecular weight excluding hydrogens is 128 g/mol. The Morgan fingerprint density at radius 2 is 1.70 bits per heavy atom. The van der Waals surface area contributed by atoms with Crippen LogP contribution in [0.15, 0.2) is 0 Å². The smallest absolute Gasteiger partial charge is 0.167 e. The number of rotatable bonds is 1. The third kappa shape index (κ3) is 1.50.